The molecule has 5 heteroatoms. The van der Waals surface area contributed by atoms with Crippen molar-refractivity contribution < 1.29 is 23.9 Å². The molecule has 22 heavy (non-hydrogen) atoms. The van der Waals surface area contributed by atoms with Gasteiger partial charge in [0.25, 0.3) is 0 Å². The highest BCUT2D eigenvalue weighted by molar-refractivity contribution is 5.99. The van der Waals surface area contributed by atoms with E-state index in [1.54, 1.807) is 6.92 Å². The van der Waals surface area contributed by atoms with Crippen LogP contribution in [0.1, 0.15) is 47.0 Å². The molecule has 0 N–H and O–H groups in total. The smallest absolute Gasteiger partial charge is 0.309 e. The van der Waals surface area contributed by atoms with Crippen molar-refractivity contribution in [3.8, 4) is 0 Å². The molecule has 120 valence electrons. The zero-order valence-electron chi connectivity index (χ0n) is 13.5. The van der Waals surface area contributed by atoms with Gasteiger partial charge in [0.15, 0.2) is 5.78 Å². The number of allylic oxidation sites excluding steroid dienone is 1. The Morgan fingerprint density at radius 3 is 2.68 bits per heavy atom. The standard InChI is InChI=1S/C17H22O5/c1-8-11-5-6-17(4,22-10(3)18)12-7-13(19)9(2)14(12)15(11)21-16(8)20/h8,11-12,15H,5-7H2,1-4H3/t8-,11-,12?,15-,17+/m0/s1. The lowest BCUT2D eigenvalue weighted by atomic mass is 9.81. The summed E-state index contributed by atoms with van der Waals surface area (Å²) in [4.78, 5) is 35.7. The monoisotopic (exact) mass is 306 g/mol. The summed E-state index contributed by atoms with van der Waals surface area (Å²) in [5, 5.41) is 0. The van der Waals surface area contributed by atoms with E-state index in [0.717, 1.165) is 12.0 Å². The van der Waals surface area contributed by atoms with E-state index in [-0.39, 0.29) is 41.6 Å². The fraction of sp³-hybridized carbons (Fsp3) is 0.706. The topological polar surface area (TPSA) is 69.7 Å². The van der Waals surface area contributed by atoms with E-state index in [4.69, 9.17) is 9.47 Å². The molecule has 0 radical (unpaired) electrons. The highest BCUT2D eigenvalue weighted by Gasteiger charge is 2.56. The average Bonchev–Trinajstić information content (AvgIpc) is 2.82. The molecule has 0 aromatic heterocycles. The maximum absolute atomic E-state index is 12.2. The first-order valence-electron chi connectivity index (χ1n) is 7.88. The Morgan fingerprint density at radius 1 is 1.36 bits per heavy atom. The maximum Gasteiger partial charge on any atom is 0.309 e. The molecular formula is C17H22O5. The summed E-state index contributed by atoms with van der Waals surface area (Å²) < 4.78 is 11.2. The molecule has 1 unspecified atom stereocenters. The Morgan fingerprint density at radius 2 is 2.05 bits per heavy atom. The van der Waals surface area contributed by atoms with Gasteiger partial charge in [0, 0.05) is 25.2 Å². The Balaban J connectivity index is 2.07. The minimum absolute atomic E-state index is 0.0585. The van der Waals surface area contributed by atoms with Crippen LogP contribution in [0.4, 0.5) is 0 Å². The second kappa shape index (κ2) is 4.93. The van der Waals surface area contributed by atoms with Crippen molar-refractivity contribution in [1.29, 1.82) is 0 Å². The van der Waals surface area contributed by atoms with E-state index in [0.29, 0.717) is 18.4 Å². The van der Waals surface area contributed by atoms with Gasteiger partial charge in [-0.25, -0.2) is 0 Å². The molecular weight excluding hydrogens is 284 g/mol. The minimum atomic E-state index is -0.703. The van der Waals surface area contributed by atoms with E-state index in [9.17, 15) is 14.4 Å². The van der Waals surface area contributed by atoms with Crippen LogP contribution in [0.25, 0.3) is 0 Å². The van der Waals surface area contributed by atoms with Crippen LogP contribution in [-0.4, -0.2) is 29.4 Å². The molecule has 5 nitrogen and oxygen atoms in total. The summed E-state index contributed by atoms with van der Waals surface area (Å²) in [6, 6.07) is 0. The Labute approximate surface area is 130 Å². The first kappa shape index (κ1) is 15.3. The molecule has 0 aromatic rings. The Hall–Kier alpha value is -1.65. The molecule has 1 aliphatic heterocycles. The van der Waals surface area contributed by atoms with Crippen LogP contribution in [0.3, 0.4) is 0 Å². The summed E-state index contributed by atoms with van der Waals surface area (Å²) >= 11 is 0. The molecule has 2 aliphatic carbocycles. The number of hydrogen-bond donors (Lipinski definition) is 0. The van der Waals surface area contributed by atoms with Gasteiger partial charge in [-0.05, 0) is 37.8 Å². The number of esters is 2. The summed E-state index contributed by atoms with van der Waals surface area (Å²) in [7, 11) is 0. The largest absolute Gasteiger partial charge is 0.459 e. The van der Waals surface area contributed by atoms with Gasteiger partial charge in [-0.2, -0.15) is 0 Å². The number of ketones is 1. The van der Waals surface area contributed by atoms with Crippen LogP contribution >= 0.6 is 0 Å². The normalized spacial score (nSPS) is 40.9. The predicted molar refractivity (Wildman–Crippen MR) is 77.8 cm³/mol. The number of fused-ring (bicyclic) bond motifs is 3. The second-order valence-electron chi connectivity index (χ2n) is 7.02. The van der Waals surface area contributed by atoms with E-state index in [1.807, 2.05) is 13.8 Å². The SMILES string of the molecule is CC(=O)O[C@]1(C)CC[C@H]2[C@H](C)C(=O)O[C@@H]2C2=C(C)C(=O)CC21. The summed E-state index contributed by atoms with van der Waals surface area (Å²) in [5.74, 6) is -0.767. The number of rotatable bonds is 1. The summed E-state index contributed by atoms with van der Waals surface area (Å²) in [5.41, 5.74) is 0.863. The van der Waals surface area contributed by atoms with Crippen molar-refractivity contribution in [1.82, 2.24) is 0 Å². The highest BCUT2D eigenvalue weighted by atomic mass is 16.6. The van der Waals surface area contributed by atoms with E-state index in [2.05, 4.69) is 0 Å². The number of carbonyl (C=O) groups excluding carboxylic acids is 3. The average molecular weight is 306 g/mol. The first-order valence-corrected chi connectivity index (χ1v) is 7.88. The van der Waals surface area contributed by atoms with Crippen molar-refractivity contribution >= 4 is 17.7 Å². The molecule has 3 aliphatic rings. The Bertz CT molecular complexity index is 590. The number of Topliss-reactive ketones (excluding diaryl/α,β-unsaturated/α-hetero) is 1. The lowest BCUT2D eigenvalue weighted by Gasteiger charge is -2.35. The van der Waals surface area contributed by atoms with Gasteiger partial charge in [0.1, 0.15) is 11.7 Å². The molecule has 5 atom stereocenters. The third-order valence-corrected chi connectivity index (χ3v) is 5.66. The fourth-order valence-corrected chi connectivity index (χ4v) is 4.36. The number of hydrogen-bond acceptors (Lipinski definition) is 5. The number of ether oxygens (including phenoxy) is 2. The number of carbonyl (C=O) groups is 3. The van der Waals surface area contributed by atoms with Crippen molar-refractivity contribution in [2.75, 3.05) is 0 Å². The van der Waals surface area contributed by atoms with E-state index >= 15 is 0 Å². The quantitative estimate of drug-likeness (QED) is 0.695. The third-order valence-electron chi connectivity index (χ3n) is 5.66. The van der Waals surface area contributed by atoms with Crippen LogP contribution < -0.4 is 0 Å². The molecule has 1 saturated heterocycles. The minimum Gasteiger partial charge on any atom is -0.459 e. The predicted octanol–water partition coefficient (Wildman–Crippen LogP) is 2.19. The van der Waals surface area contributed by atoms with Gasteiger partial charge in [-0.3, -0.25) is 14.4 Å². The van der Waals surface area contributed by atoms with Crippen LogP contribution in [-0.2, 0) is 23.9 Å². The maximum atomic E-state index is 12.2. The van der Waals surface area contributed by atoms with Crippen LogP contribution in [0.5, 0.6) is 0 Å². The molecule has 3 rings (SSSR count). The van der Waals surface area contributed by atoms with Gasteiger partial charge in [-0.1, -0.05) is 6.92 Å². The summed E-state index contributed by atoms with van der Waals surface area (Å²) in [6.45, 7) is 6.97. The highest BCUT2D eigenvalue weighted by Crippen LogP contribution is 2.52. The Kier molecular flexibility index (Phi) is 3.42. The zero-order chi connectivity index (χ0) is 16.2. The van der Waals surface area contributed by atoms with Gasteiger partial charge in [-0.15, -0.1) is 0 Å². The molecule has 0 aromatic carbocycles. The first-order chi connectivity index (χ1) is 10.2. The molecule has 2 fully saturated rings. The molecule has 0 bridgehead atoms. The van der Waals surface area contributed by atoms with Gasteiger partial charge < -0.3 is 9.47 Å². The summed E-state index contributed by atoms with van der Waals surface area (Å²) in [6.07, 6.45) is 1.39. The van der Waals surface area contributed by atoms with Gasteiger partial charge in [0.05, 0.1) is 5.92 Å². The van der Waals surface area contributed by atoms with E-state index in [1.165, 1.54) is 6.92 Å². The van der Waals surface area contributed by atoms with Crippen molar-refractivity contribution in [3.63, 3.8) is 0 Å². The zero-order valence-corrected chi connectivity index (χ0v) is 13.5. The van der Waals surface area contributed by atoms with Crippen LogP contribution in [0.15, 0.2) is 11.1 Å². The lowest BCUT2D eigenvalue weighted by molar-refractivity contribution is -0.161. The fourth-order valence-electron chi connectivity index (χ4n) is 4.36. The lowest BCUT2D eigenvalue weighted by Crippen LogP contribution is -2.40. The third kappa shape index (κ3) is 2.09. The van der Waals surface area contributed by atoms with Gasteiger partial charge in [0.2, 0.25) is 0 Å². The molecule has 1 saturated carbocycles. The molecule has 0 amide bonds. The van der Waals surface area contributed by atoms with Crippen molar-refractivity contribution in [2.45, 2.75) is 58.7 Å². The van der Waals surface area contributed by atoms with Crippen LogP contribution in [0, 0.1) is 17.8 Å². The van der Waals surface area contributed by atoms with Crippen molar-refractivity contribution in [3.05, 3.63) is 11.1 Å². The molecule has 1 heterocycles. The van der Waals surface area contributed by atoms with E-state index < -0.39 is 5.60 Å². The van der Waals surface area contributed by atoms with Crippen LogP contribution in [0.2, 0.25) is 0 Å². The van der Waals surface area contributed by atoms with Crippen molar-refractivity contribution in [2.24, 2.45) is 17.8 Å². The second-order valence-corrected chi connectivity index (χ2v) is 7.02. The molecule has 0 spiro atoms. The van der Waals surface area contributed by atoms with Gasteiger partial charge >= 0.3 is 11.9 Å².